The Bertz CT molecular complexity index is 688. The predicted octanol–water partition coefficient (Wildman–Crippen LogP) is -1.36. The lowest BCUT2D eigenvalue weighted by Crippen LogP contribution is -2.33. The number of nitrogen functional groups attached to an aromatic ring is 1. The highest BCUT2D eigenvalue weighted by molar-refractivity contribution is 5.82. The SMILES string of the molecule is Cc1nc(N)c2nc(C)n([C@@H]3O[C@H](CO)C(O)[C@@H]3O)c2n1. The number of aliphatic hydroxyl groups is 3. The zero-order valence-electron chi connectivity index (χ0n) is 11.6. The summed E-state index contributed by atoms with van der Waals surface area (Å²) >= 11 is 0. The van der Waals surface area contributed by atoms with E-state index in [0.29, 0.717) is 22.8 Å². The van der Waals surface area contributed by atoms with Crippen LogP contribution in [0.15, 0.2) is 0 Å². The first-order valence-corrected chi connectivity index (χ1v) is 6.55. The molecular weight excluding hydrogens is 278 g/mol. The minimum Gasteiger partial charge on any atom is -0.394 e. The van der Waals surface area contributed by atoms with E-state index in [0.717, 1.165) is 0 Å². The molecule has 1 aliphatic heterocycles. The van der Waals surface area contributed by atoms with Gasteiger partial charge >= 0.3 is 0 Å². The second-order valence-electron chi connectivity index (χ2n) is 5.09. The maximum atomic E-state index is 10.1. The zero-order chi connectivity index (χ0) is 15.3. The quantitative estimate of drug-likeness (QED) is 0.532. The second-order valence-corrected chi connectivity index (χ2v) is 5.09. The van der Waals surface area contributed by atoms with Crippen LogP contribution in [0.25, 0.3) is 11.2 Å². The summed E-state index contributed by atoms with van der Waals surface area (Å²) < 4.78 is 7.08. The Labute approximate surface area is 120 Å². The number of imidazole rings is 1. The van der Waals surface area contributed by atoms with Gasteiger partial charge in [0.05, 0.1) is 6.61 Å². The Hall–Kier alpha value is -1.81. The first kappa shape index (κ1) is 14.1. The van der Waals surface area contributed by atoms with Crippen molar-refractivity contribution in [3.8, 4) is 0 Å². The number of hydrogen-bond donors (Lipinski definition) is 4. The minimum atomic E-state index is -1.20. The van der Waals surface area contributed by atoms with Crippen LogP contribution >= 0.6 is 0 Å². The highest BCUT2D eigenvalue weighted by atomic mass is 16.6. The van der Waals surface area contributed by atoms with E-state index in [4.69, 9.17) is 10.5 Å². The molecule has 2 aromatic rings. The molecule has 0 spiro atoms. The molecule has 3 heterocycles. The number of fused-ring (bicyclic) bond motifs is 1. The topological polar surface area (TPSA) is 140 Å². The summed E-state index contributed by atoms with van der Waals surface area (Å²) in [4.78, 5) is 12.6. The van der Waals surface area contributed by atoms with E-state index in [9.17, 15) is 15.3 Å². The van der Waals surface area contributed by atoms with Gasteiger partial charge in [-0.15, -0.1) is 0 Å². The first-order valence-electron chi connectivity index (χ1n) is 6.55. The van der Waals surface area contributed by atoms with Gasteiger partial charge in [0.25, 0.3) is 0 Å². The Morgan fingerprint density at radius 2 is 1.90 bits per heavy atom. The molecule has 0 aromatic carbocycles. The van der Waals surface area contributed by atoms with E-state index < -0.39 is 31.1 Å². The van der Waals surface area contributed by atoms with Gasteiger partial charge in [0.1, 0.15) is 30.0 Å². The third kappa shape index (κ3) is 2.05. The van der Waals surface area contributed by atoms with Crippen LogP contribution in [-0.4, -0.2) is 59.8 Å². The van der Waals surface area contributed by atoms with E-state index in [2.05, 4.69) is 15.0 Å². The number of nitrogens with two attached hydrogens (primary N) is 1. The summed E-state index contributed by atoms with van der Waals surface area (Å²) in [7, 11) is 0. The molecular formula is C12H17N5O4. The van der Waals surface area contributed by atoms with E-state index in [1.54, 1.807) is 18.4 Å². The molecule has 1 fully saturated rings. The number of ether oxygens (including phenoxy) is 1. The fourth-order valence-electron chi connectivity index (χ4n) is 2.62. The third-order valence-corrected chi connectivity index (χ3v) is 3.63. The summed E-state index contributed by atoms with van der Waals surface area (Å²) in [5.74, 6) is 1.23. The van der Waals surface area contributed by atoms with E-state index in [1.807, 2.05) is 0 Å². The predicted molar refractivity (Wildman–Crippen MR) is 72.2 cm³/mol. The van der Waals surface area contributed by atoms with Crippen molar-refractivity contribution in [1.82, 2.24) is 19.5 Å². The van der Waals surface area contributed by atoms with Gasteiger partial charge in [0.15, 0.2) is 23.2 Å². The van der Waals surface area contributed by atoms with Crippen LogP contribution < -0.4 is 5.73 Å². The van der Waals surface area contributed by atoms with Crippen LogP contribution in [0.2, 0.25) is 0 Å². The lowest BCUT2D eigenvalue weighted by atomic mass is 10.1. The molecule has 0 aliphatic carbocycles. The smallest absolute Gasteiger partial charge is 0.168 e. The number of aromatic nitrogens is 4. The molecule has 9 nitrogen and oxygen atoms in total. The van der Waals surface area contributed by atoms with Crippen molar-refractivity contribution in [1.29, 1.82) is 0 Å². The van der Waals surface area contributed by atoms with Crippen LogP contribution in [0.3, 0.4) is 0 Å². The van der Waals surface area contributed by atoms with Crippen LogP contribution in [0.4, 0.5) is 5.82 Å². The summed E-state index contributed by atoms with van der Waals surface area (Å²) in [6.45, 7) is 3.02. The first-order chi connectivity index (χ1) is 9.93. The van der Waals surface area contributed by atoms with Crippen LogP contribution in [-0.2, 0) is 4.74 Å². The molecule has 9 heteroatoms. The molecule has 0 amide bonds. The molecule has 21 heavy (non-hydrogen) atoms. The molecule has 0 bridgehead atoms. The van der Waals surface area contributed by atoms with Crippen molar-refractivity contribution in [2.24, 2.45) is 0 Å². The molecule has 0 saturated carbocycles. The van der Waals surface area contributed by atoms with Gasteiger partial charge in [-0.3, -0.25) is 4.57 Å². The van der Waals surface area contributed by atoms with Crippen LogP contribution in [0, 0.1) is 13.8 Å². The number of hydrogen-bond acceptors (Lipinski definition) is 8. The van der Waals surface area contributed by atoms with Crippen molar-refractivity contribution in [2.45, 2.75) is 38.4 Å². The van der Waals surface area contributed by atoms with Crippen molar-refractivity contribution < 1.29 is 20.1 Å². The van der Waals surface area contributed by atoms with Gasteiger partial charge in [-0.25, -0.2) is 15.0 Å². The largest absolute Gasteiger partial charge is 0.394 e. The molecule has 3 rings (SSSR count). The monoisotopic (exact) mass is 295 g/mol. The molecule has 1 saturated heterocycles. The van der Waals surface area contributed by atoms with Crippen LogP contribution in [0.5, 0.6) is 0 Å². The average molecular weight is 295 g/mol. The number of rotatable bonds is 2. The number of nitrogens with zero attached hydrogens (tertiary/aromatic N) is 4. The molecule has 1 unspecified atom stereocenters. The van der Waals surface area contributed by atoms with E-state index in [1.165, 1.54) is 0 Å². The van der Waals surface area contributed by atoms with E-state index in [-0.39, 0.29) is 5.82 Å². The van der Waals surface area contributed by atoms with E-state index >= 15 is 0 Å². The molecule has 114 valence electrons. The maximum absolute atomic E-state index is 10.1. The molecule has 2 aromatic heterocycles. The van der Waals surface area contributed by atoms with Crippen molar-refractivity contribution >= 4 is 17.0 Å². The minimum absolute atomic E-state index is 0.242. The number of aryl methyl sites for hydroxylation is 2. The molecule has 1 aliphatic rings. The number of anilines is 1. The zero-order valence-corrected chi connectivity index (χ0v) is 11.6. The summed E-state index contributed by atoms with van der Waals surface area (Å²) in [6, 6.07) is 0. The maximum Gasteiger partial charge on any atom is 0.168 e. The van der Waals surface area contributed by atoms with Crippen LogP contribution in [0.1, 0.15) is 17.9 Å². The Morgan fingerprint density at radius 1 is 1.19 bits per heavy atom. The molecule has 5 N–H and O–H groups in total. The number of aliphatic hydroxyl groups excluding tert-OH is 3. The third-order valence-electron chi connectivity index (χ3n) is 3.63. The van der Waals surface area contributed by atoms with Gasteiger partial charge in [-0.05, 0) is 13.8 Å². The molecule has 0 radical (unpaired) electrons. The lowest BCUT2D eigenvalue weighted by Gasteiger charge is -2.18. The van der Waals surface area contributed by atoms with Crippen molar-refractivity contribution in [3.05, 3.63) is 11.6 Å². The highest BCUT2D eigenvalue weighted by Gasteiger charge is 2.44. The van der Waals surface area contributed by atoms with Gasteiger partial charge in [0, 0.05) is 0 Å². The second kappa shape index (κ2) is 4.88. The fraction of sp³-hybridized carbons (Fsp3) is 0.583. The Morgan fingerprint density at radius 3 is 2.52 bits per heavy atom. The standard InChI is InChI=1S/C12H17N5O4/c1-4-14-10(13)7-11(15-4)17(5(2)16-7)12-9(20)8(19)6(3-18)21-12/h6,8-9,12,18-20H,3H2,1-2H3,(H2,13,14,15)/t6-,8?,9+,12-/m1/s1. The average Bonchev–Trinajstić information content (AvgIpc) is 2.89. The molecule has 4 atom stereocenters. The summed E-state index contributed by atoms with van der Waals surface area (Å²) in [5, 5.41) is 29.2. The Kier molecular flexibility index (Phi) is 3.29. The van der Waals surface area contributed by atoms with Gasteiger partial charge < -0.3 is 25.8 Å². The fourth-order valence-corrected chi connectivity index (χ4v) is 2.62. The lowest BCUT2D eigenvalue weighted by molar-refractivity contribution is -0.0519. The van der Waals surface area contributed by atoms with Gasteiger partial charge in [-0.2, -0.15) is 0 Å². The summed E-state index contributed by atoms with van der Waals surface area (Å²) in [5.41, 5.74) is 6.67. The van der Waals surface area contributed by atoms with Crippen molar-refractivity contribution in [2.75, 3.05) is 12.3 Å². The normalized spacial score (nSPS) is 29.4. The summed E-state index contributed by atoms with van der Waals surface area (Å²) in [6.07, 6.45) is -4.13. The van der Waals surface area contributed by atoms with Crippen molar-refractivity contribution in [3.63, 3.8) is 0 Å². The highest BCUT2D eigenvalue weighted by Crippen LogP contribution is 2.33. The van der Waals surface area contributed by atoms with Gasteiger partial charge in [-0.1, -0.05) is 0 Å². The van der Waals surface area contributed by atoms with Gasteiger partial charge in [0.2, 0.25) is 0 Å². The Balaban J connectivity index is 2.15.